The van der Waals surface area contributed by atoms with Gasteiger partial charge in [-0.2, -0.15) is 0 Å². The van der Waals surface area contributed by atoms with Crippen molar-refractivity contribution in [2.75, 3.05) is 18.0 Å². The predicted octanol–water partition coefficient (Wildman–Crippen LogP) is 3.18. The highest BCUT2D eigenvalue weighted by molar-refractivity contribution is 9.10. The Hall–Kier alpha value is -0.540. The molecule has 2 nitrogen and oxygen atoms in total. The summed E-state index contributed by atoms with van der Waals surface area (Å²) in [5, 5.41) is 9.16. The van der Waals surface area contributed by atoms with E-state index in [4.69, 9.17) is 5.11 Å². The smallest absolute Gasteiger partial charge is 0.0692 e. The lowest BCUT2D eigenvalue weighted by Crippen LogP contribution is -2.20. The molecule has 0 aromatic heterocycles. The van der Waals surface area contributed by atoms with Crippen LogP contribution in [0.3, 0.4) is 0 Å². The lowest BCUT2D eigenvalue weighted by atomic mass is 10.0. The van der Waals surface area contributed by atoms with Gasteiger partial charge in [0.25, 0.3) is 0 Å². The highest BCUT2D eigenvalue weighted by Gasteiger charge is 2.36. The lowest BCUT2D eigenvalue weighted by Gasteiger charge is -2.20. The molecule has 3 rings (SSSR count). The van der Waals surface area contributed by atoms with Crippen molar-refractivity contribution < 1.29 is 5.11 Å². The topological polar surface area (TPSA) is 23.5 Å². The molecule has 17 heavy (non-hydrogen) atoms. The number of hydrogen-bond acceptors (Lipinski definition) is 2. The minimum Gasteiger partial charge on any atom is -0.392 e. The van der Waals surface area contributed by atoms with Crippen LogP contribution in [0.25, 0.3) is 0 Å². The first-order valence-corrected chi connectivity index (χ1v) is 7.21. The summed E-state index contributed by atoms with van der Waals surface area (Å²) in [7, 11) is 0. The number of rotatable bonds is 2. The van der Waals surface area contributed by atoms with Crippen molar-refractivity contribution in [3.05, 3.63) is 28.2 Å². The number of nitrogens with zero attached hydrogens (tertiary/aromatic N) is 1. The number of benzene rings is 1. The molecule has 1 aromatic rings. The quantitative estimate of drug-likeness (QED) is 0.906. The summed E-state index contributed by atoms with van der Waals surface area (Å²) >= 11 is 3.53. The molecule has 0 spiro atoms. The van der Waals surface area contributed by atoms with Gasteiger partial charge < -0.3 is 10.0 Å². The zero-order chi connectivity index (χ0) is 11.8. The third-order valence-corrected chi connectivity index (χ3v) is 5.04. The average Bonchev–Trinajstić information content (AvgIpc) is 2.88. The van der Waals surface area contributed by atoms with Crippen LogP contribution in [0.5, 0.6) is 0 Å². The van der Waals surface area contributed by atoms with Crippen molar-refractivity contribution in [2.45, 2.75) is 25.9 Å². The van der Waals surface area contributed by atoms with Crippen molar-refractivity contribution in [3.8, 4) is 0 Å². The molecule has 1 saturated heterocycles. The summed E-state index contributed by atoms with van der Waals surface area (Å²) in [4.78, 5) is 2.50. The Morgan fingerprint density at radius 2 is 1.94 bits per heavy atom. The summed E-state index contributed by atoms with van der Waals surface area (Å²) in [6.45, 7) is 2.54. The van der Waals surface area contributed by atoms with E-state index in [1.165, 1.54) is 38.0 Å². The van der Waals surface area contributed by atoms with Crippen molar-refractivity contribution >= 4 is 21.6 Å². The van der Waals surface area contributed by atoms with Crippen LogP contribution in [0.4, 0.5) is 5.69 Å². The maximum atomic E-state index is 9.16. The van der Waals surface area contributed by atoms with E-state index in [1.54, 1.807) is 0 Å². The van der Waals surface area contributed by atoms with Gasteiger partial charge in [0.1, 0.15) is 0 Å². The second kappa shape index (κ2) is 4.62. The Kier molecular flexibility index (Phi) is 3.14. The summed E-state index contributed by atoms with van der Waals surface area (Å²) in [6.07, 6.45) is 4.25. The molecule has 3 heteroatoms. The SMILES string of the molecule is OCc1ccc(N2CC3CCCC3C2)cc1Br. The van der Waals surface area contributed by atoms with E-state index in [9.17, 15) is 0 Å². The molecule has 92 valence electrons. The fourth-order valence-electron chi connectivity index (χ4n) is 3.31. The number of aliphatic hydroxyl groups is 1. The molecule has 1 N–H and O–H groups in total. The van der Waals surface area contributed by atoms with Crippen LogP contribution >= 0.6 is 15.9 Å². The van der Waals surface area contributed by atoms with Crippen molar-refractivity contribution in [3.63, 3.8) is 0 Å². The van der Waals surface area contributed by atoms with E-state index in [2.05, 4.69) is 33.0 Å². The number of anilines is 1. The predicted molar refractivity (Wildman–Crippen MR) is 73.1 cm³/mol. The number of fused-ring (bicyclic) bond motifs is 1. The van der Waals surface area contributed by atoms with E-state index in [0.717, 1.165) is 21.9 Å². The summed E-state index contributed by atoms with van der Waals surface area (Å²) < 4.78 is 1.02. The molecule has 0 bridgehead atoms. The Labute approximate surface area is 111 Å². The van der Waals surface area contributed by atoms with E-state index in [-0.39, 0.29) is 6.61 Å². The fraction of sp³-hybridized carbons (Fsp3) is 0.571. The van der Waals surface area contributed by atoms with Gasteiger partial charge in [0, 0.05) is 23.2 Å². The van der Waals surface area contributed by atoms with E-state index >= 15 is 0 Å². The molecule has 2 aliphatic rings. The molecule has 0 amide bonds. The zero-order valence-electron chi connectivity index (χ0n) is 9.90. The number of hydrogen-bond donors (Lipinski definition) is 1. The van der Waals surface area contributed by atoms with Gasteiger partial charge in [-0.15, -0.1) is 0 Å². The Morgan fingerprint density at radius 3 is 2.53 bits per heavy atom. The molecule has 2 unspecified atom stereocenters. The van der Waals surface area contributed by atoms with Crippen molar-refractivity contribution in [1.82, 2.24) is 0 Å². The molecule has 0 radical (unpaired) electrons. The zero-order valence-corrected chi connectivity index (χ0v) is 11.5. The van der Waals surface area contributed by atoms with Crippen LogP contribution in [0.2, 0.25) is 0 Å². The van der Waals surface area contributed by atoms with Gasteiger partial charge in [-0.1, -0.05) is 28.4 Å². The Morgan fingerprint density at radius 1 is 1.24 bits per heavy atom. The Balaban J connectivity index is 1.79. The summed E-state index contributed by atoms with van der Waals surface area (Å²) in [5.41, 5.74) is 2.26. The highest BCUT2D eigenvalue weighted by Crippen LogP contribution is 2.40. The van der Waals surface area contributed by atoms with Gasteiger partial charge in [-0.3, -0.25) is 0 Å². The van der Waals surface area contributed by atoms with Gasteiger partial charge in [0.05, 0.1) is 6.61 Å². The van der Waals surface area contributed by atoms with Crippen LogP contribution < -0.4 is 4.90 Å². The van der Waals surface area contributed by atoms with Crippen molar-refractivity contribution in [1.29, 1.82) is 0 Å². The molecule has 2 fully saturated rings. The molecular weight excluding hydrogens is 278 g/mol. The van der Waals surface area contributed by atoms with Crippen LogP contribution in [-0.4, -0.2) is 18.2 Å². The molecule has 1 aliphatic heterocycles. The second-order valence-corrected chi connectivity index (χ2v) is 6.14. The second-order valence-electron chi connectivity index (χ2n) is 5.29. The highest BCUT2D eigenvalue weighted by atomic mass is 79.9. The largest absolute Gasteiger partial charge is 0.392 e. The fourth-order valence-corrected chi connectivity index (χ4v) is 3.80. The van der Waals surface area contributed by atoms with Gasteiger partial charge >= 0.3 is 0 Å². The van der Waals surface area contributed by atoms with Gasteiger partial charge in [-0.25, -0.2) is 0 Å². The first kappa shape index (κ1) is 11.5. The van der Waals surface area contributed by atoms with Gasteiger partial charge in [0.2, 0.25) is 0 Å². The molecule has 1 aliphatic carbocycles. The third kappa shape index (κ3) is 2.11. The molecule has 1 saturated carbocycles. The monoisotopic (exact) mass is 295 g/mol. The molecule has 2 atom stereocenters. The van der Waals surface area contributed by atoms with E-state index in [0.29, 0.717) is 0 Å². The lowest BCUT2D eigenvalue weighted by molar-refractivity contribution is 0.281. The number of aliphatic hydroxyl groups excluding tert-OH is 1. The van der Waals surface area contributed by atoms with Gasteiger partial charge in [0.15, 0.2) is 0 Å². The standard InChI is InChI=1S/C14H18BrNO/c15-14-6-13(5-4-12(14)9-17)16-7-10-2-1-3-11(10)8-16/h4-6,10-11,17H,1-3,7-9H2. The summed E-state index contributed by atoms with van der Waals surface area (Å²) in [6, 6.07) is 6.30. The van der Waals surface area contributed by atoms with Crippen LogP contribution in [0.15, 0.2) is 22.7 Å². The molecule has 1 aromatic carbocycles. The average molecular weight is 296 g/mol. The Bertz CT molecular complexity index is 409. The summed E-state index contributed by atoms with van der Waals surface area (Å²) in [5.74, 6) is 1.84. The first-order valence-electron chi connectivity index (χ1n) is 6.42. The van der Waals surface area contributed by atoms with E-state index < -0.39 is 0 Å². The molecule has 1 heterocycles. The number of halogens is 1. The van der Waals surface area contributed by atoms with Crippen LogP contribution in [0, 0.1) is 11.8 Å². The molecular formula is C14H18BrNO. The normalized spacial score (nSPS) is 27.5. The van der Waals surface area contributed by atoms with Crippen molar-refractivity contribution in [2.24, 2.45) is 11.8 Å². The van der Waals surface area contributed by atoms with Gasteiger partial charge in [-0.05, 0) is 42.4 Å². The van der Waals surface area contributed by atoms with E-state index in [1.807, 2.05) is 6.07 Å². The third-order valence-electron chi connectivity index (χ3n) is 4.30. The first-order chi connectivity index (χ1) is 8.28. The maximum absolute atomic E-state index is 9.16. The minimum atomic E-state index is 0.103. The van der Waals surface area contributed by atoms with Crippen LogP contribution in [-0.2, 0) is 6.61 Å². The minimum absolute atomic E-state index is 0.103. The van der Waals surface area contributed by atoms with Crippen LogP contribution in [0.1, 0.15) is 24.8 Å². The maximum Gasteiger partial charge on any atom is 0.0692 e.